The molecular weight excluding hydrogens is 294 g/mol. The number of hydrogen-bond acceptors (Lipinski definition) is 6. The van der Waals surface area contributed by atoms with Crippen LogP contribution in [0.3, 0.4) is 0 Å². The van der Waals surface area contributed by atoms with Crippen LogP contribution in [0, 0.1) is 5.41 Å². The van der Waals surface area contributed by atoms with Gasteiger partial charge in [-0.05, 0) is 13.3 Å². The molecule has 0 aromatic heterocycles. The molecule has 1 fully saturated rings. The lowest BCUT2D eigenvalue weighted by molar-refractivity contribution is -0.160. The third-order valence-corrected chi connectivity index (χ3v) is 4.14. The minimum atomic E-state index is -0.976. The van der Waals surface area contributed by atoms with Crippen LogP contribution in [0.25, 0.3) is 0 Å². The molecule has 2 atom stereocenters. The van der Waals surface area contributed by atoms with Gasteiger partial charge in [-0.1, -0.05) is 36.1 Å². The maximum atomic E-state index is 12.1. The molecule has 7 heteroatoms. The Kier molecular flexibility index (Phi) is 5.06. The first-order chi connectivity index (χ1) is 10.1. The van der Waals surface area contributed by atoms with Gasteiger partial charge in [-0.25, -0.2) is 4.79 Å². The van der Waals surface area contributed by atoms with Gasteiger partial charge in [0.2, 0.25) is 0 Å². The van der Waals surface area contributed by atoms with Crippen molar-refractivity contribution in [2.75, 3.05) is 19.0 Å². The Bertz CT molecular complexity index is 502. The van der Waals surface area contributed by atoms with Crippen molar-refractivity contribution in [1.29, 1.82) is 0 Å². The summed E-state index contributed by atoms with van der Waals surface area (Å²) in [6.07, 6.45) is 7.51. The molecule has 2 rings (SSSR count). The number of hydrogen-bond donors (Lipinski definition) is 1. The number of thioether (sulfide) groups is 1. The predicted molar refractivity (Wildman–Crippen MR) is 77.7 cm³/mol. The van der Waals surface area contributed by atoms with Crippen LogP contribution in [0.4, 0.5) is 4.79 Å². The van der Waals surface area contributed by atoms with Gasteiger partial charge < -0.3 is 14.8 Å². The molecule has 2 unspecified atom stereocenters. The summed E-state index contributed by atoms with van der Waals surface area (Å²) in [4.78, 5) is 35.1. The summed E-state index contributed by atoms with van der Waals surface area (Å²) in [5.41, 5.74) is -0.976. The fraction of sp³-hybridized carbons (Fsp3) is 0.500. The van der Waals surface area contributed by atoms with Gasteiger partial charge in [-0.15, -0.1) is 0 Å². The van der Waals surface area contributed by atoms with Crippen LogP contribution in [0.1, 0.15) is 13.3 Å². The largest absolute Gasteiger partial charge is 0.465 e. The van der Waals surface area contributed by atoms with Gasteiger partial charge in [0.1, 0.15) is 18.1 Å². The lowest BCUT2D eigenvalue weighted by Gasteiger charge is -2.28. The molecule has 1 aliphatic carbocycles. The molecule has 0 aromatic rings. The average Bonchev–Trinajstić information content (AvgIpc) is 2.93. The quantitative estimate of drug-likeness (QED) is 0.773. The maximum absolute atomic E-state index is 12.1. The van der Waals surface area contributed by atoms with Crippen molar-refractivity contribution >= 4 is 28.9 Å². The van der Waals surface area contributed by atoms with E-state index in [9.17, 15) is 14.4 Å². The van der Waals surface area contributed by atoms with Gasteiger partial charge in [0.05, 0.1) is 6.61 Å². The zero-order chi connectivity index (χ0) is 15.3. The molecule has 1 heterocycles. The Morgan fingerprint density at radius 3 is 2.81 bits per heavy atom. The number of nitrogens with one attached hydrogen (secondary N) is 1. The monoisotopic (exact) mass is 311 g/mol. The molecule has 114 valence electrons. The smallest absolute Gasteiger partial charge is 0.329 e. The van der Waals surface area contributed by atoms with E-state index in [1.165, 1.54) is 0 Å². The normalized spacial score (nSPS) is 27.3. The summed E-state index contributed by atoms with van der Waals surface area (Å²) in [6, 6.07) is -0.648. The number of rotatable bonds is 5. The van der Waals surface area contributed by atoms with Crippen LogP contribution >= 0.6 is 11.8 Å². The van der Waals surface area contributed by atoms with Crippen molar-refractivity contribution in [1.82, 2.24) is 5.32 Å². The van der Waals surface area contributed by atoms with Crippen LogP contribution in [0.15, 0.2) is 24.3 Å². The summed E-state index contributed by atoms with van der Waals surface area (Å²) in [5, 5.41) is 2.27. The van der Waals surface area contributed by atoms with E-state index in [1.54, 1.807) is 19.1 Å². The van der Waals surface area contributed by atoms with Gasteiger partial charge in [0.15, 0.2) is 0 Å². The Balaban J connectivity index is 1.98. The zero-order valence-corrected chi connectivity index (χ0v) is 12.5. The Morgan fingerprint density at radius 1 is 1.43 bits per heavy atom. The van der Waals surface area contributed by atoms with E-state index < -0.39 is 23.4 Å². The minimum Gasteiger partial charge on any atom is -0.465 e. The summed E-state index contributed by atoms with van der Waals surface area (Å²) in [5.74, 6) is -0.594. The standard InChI is InChI=1S/C14H17NO5S/c1-2-19-12(17)14(6-4-3-5-7-14)9-20-11(16)10-8-21-13(18)15-10/h3-6,10H,2,7-9H2,1H3,(H,15,18). The van der Waals surface area contributed by atoms with Gasteiger partial charge in [0, 0.05) is 5.75 Å². The van der Waals surface area contributed by atoms with Crippen LogP contribution < -0.4 is 5.32 Å². The molecule has 0 radical (unpaired) electrons. The third-order valence-electron chi connectivity index (χ3n) is 3.26. The molecule has 0 spiro atoms. The summed E-state index contributed by atoms with van der Waals surface area (Å²) < 4.78 is 10.3. The van der Waals surface area contributed by atoms with E-state index in [0.717, 1.165) is 11.8 Å². The van der Waals surface area contributed by atoms with E-state index in [-0.39, 0.29) is 18.5 Å². The summed E-state index contributed by atoms with van der Waals surface area (Å²) >= 11 is 1.04. The molecule has 1 saturated heterocycles. The molecule has 21 heavy (non-hydrogen) atoms. The van der Waals surface area contributed by atoms with Crippen LogP contribution in [-0.4, -0.2) is 42.2 Å². The molecule has 1 amide bonds. The highest BCUT2D eigenvalue weighted by Gasteiger charge is 2.40. The number of allylic oxidation sites excluding steroid dienone is 3. The van der Waals surface area contributed by atoms with E-state index in [1.807, 2.05) is 12.2 Å². The SMILES string of the molecule is CCOC(=O)C1(COC(=O)C2CSC(=O)N2)C=CC=CC1. The van der Waals surface area contributed by atoms with Gasteiger partial charge in [0.25, 0.3) is 5.24 Å². The van der Waals surface area contributed by atoms with E-state index >= 15 is 0 Å². The molecular formula is C14H17NO5S. The molecule has 1 aliphatic heterocycles. The van der Waals surface area contributed by atoms with Crippen LogP contribution in [0.2, 0.25) is 0 Å². The maximum Gasteiger partial charge on any atom is 0.329 e. The molecule has 1 N–H and O–H groups in total. The van der Waals surface area contributed by atoms with E-state index in [0.29, 0.717) is 12.2 Å². The second-order valence-electron chi connectivity index (χ2n) is 4.77. The molecule has 6 nitrogen and oxygen atoms in total. The highest BCUT2D eigenvalue weighted by atomic mass is 32.2. The van der Waals surface area contributed by atoms with Crippen LogP contribution in [0.5, 0.6) is 0 Å². The fourth-order valence-corrected chi connectivity index (χ4v) is 2.83. The zero-order valence-electron chi connectivity index (χ0n) is 11.7. The molecule has 2 aliphatic rings. The van der Waals surface area contributed by atoms with E-state index in [2.05, 4.69) is 5.32 Å². The van der Waals surface area contributed by atoms with Crippen molar-refractivity contribution in [2.24, 2.45) is 5.41 Å². The Morgan fingerprint density at radius 2 is 2.24 bits per heavy atom. The first-order valence-corrected chi connectivity index (χ1v) is 7.67. The first kappa shape index (κ1) is 15.6. The second-order valence-corrected chi connectivity index (χ2v) is 5.76. The van der Waals surface area contributed by atoms with Crippen molar-refractivity contribution in [3.8, 4) is 0 Å². The van der Waals surface area contributed by atoms with Gasteiger partial charge in [-0.3, -0.25) is 9.59 Å². The second kappa shape index (κ2) is 6.80. The molecule has 0 aromatic carbocycles. The third kappa shape index (κ3) is 3.66. The summed E-state index contributed by atoms with van der Waals surface area (Å²) in [7, 11) is 0. The fourth-order valence-electron chi connectivity index (χ4n) is 2.07. The van der Waals surface area contributed by atoms with Gasteiger partial charge in [-0.2, -0.15) is 0 Å². The average molecular weight is 311 g/mol. The lowest BCUT2D eigenvalue weighted by atomic mass is 9.82. The summed E-state index contributed by atoms with van der Waals surface area (Å²) in [6.45, 7) is 1.90. The first-order valence-electron chi connectivity index (χ1n) is 6.69. The van der Waals surface area contributed by atoms with Crippen molar-refractivity contribution < 1.29 is 23.9 Å². The molecule has 0 saturated carbocycles. The highest BCUT2D eigenvalue weighted by molar-refractivity contribution is 8.14. The highest BCUT2D eigenvalue weighted by Crippen LogP contribution is 2.30. The topological polar surface area (TPSA) is 81.7 Å². The van der Waals surface area contributed by atoms with Crippen molar-refractivity contribution in [3.05, 3.63) is 24.3 Å². The van der Waals surface area contributed by atoms with Crippen molar-refractivity contribution in [3.63, 3.8) is 0 Å². The number of carbonyl (C=O) groups is 3. The lowest BCUT2D eigenvalue weighted by Crippen LogP contribution is -2.41. The Hall–Kier alpha value is -1.76. The number of carbonyl (C=O) groups excluding carboxylic acids is 3. The van der Waals surface area contributed by atoms with E-state index in [4.69, 9.17) is 9.47 Å². The number of amides is 1. The number of esters is 2. The molecule has 0 bridgehead atoms. The predicted octanol–water partition coefficient (Wildman–Crippen LogP) is 1.42. The van der Waals surface area contributed by atoms with Crippen molar-refractivity contribution in [2.45, 2.75) is 19.4 Å². The number of ether oxygens (including phenoxy) is 2. The Labute approximate surface area is 126 Å². The van der Waals surface area contributed by atoms with Crippen LogP contribution in [-0.2, 0) is 19.1 Å². The van der Waals surface area contributed by atoms with Gasteiger partial charge >= 0.3 is 11.9 Å². The minimum absolute atomic E-state index is 0.0947.